The largest absolute Gasteiger partial charge is 0.486 e. The quantitative estimate of drug-likeness (QED) is 0.880. The van der Waals surface area contributed by atoms with Crippen LogP contribution in [0.5, 0.6) is 11.5 Å². The Morgan fingerprint density at radius 2 is 1.95 bits per heavy atom. The predicted octanol–water partition coefficient (Wildman–Crippen LogP) is 1.71. The molecule has 0 saturated carbocycles. The van der Waals surface area contributed by atoms with Crippen LogP contribution in [0.15, 0.2) is 35.3 Å². The number of carbonyl (C=O) groups is 1. The van der Waals surface area contributed by atoms with Gasteiger partial charge in [-0.3, -0.25) is 9.59 Å². The van der Waals surface area contributed by atoms with E-state index in [9.17, 15) is 9.59 Å². The van der Waals surface area contributed by atoms with Crippen molar-refractivity contribution in [2.45, 2.75) is 6.92 Å². The molecule has 108 valence electrons. The molecule has 0 bridgehead atoms. The van der Waals surface area contributed by atoms with Gasteiger partial charge in [-0.2, -0.15) is 0 Å². The van der Waals surface area contributed by atoms with Gasteiger partial charge in [-0.05, 0) is 30.7 Å². The second-order valence-corrected chi connectivity index (χ2v) is 4.68. The van der Waals surface area contributed by atoms with Gasteiger partial charge in [-0.1, -0.05) is 0 Å². The third-order valence-corrected chi connectivity index (χ3v) is 3.20. The predicted molar refractivity (Wildman–Crippen MR) is 77.2 cm³/mol. The van der Waals surface area contributed by atoms with Crippen LogP contribution in [-0.2, 0) is 0 Å². The normalized spacial score (nSPS) is 12.8. The van der Waals surface area contributed by atoms with Crippen molar-refractivity contribution < 1.29 is 14.3 Å². The van der Waals surface area contributed by atoms with Crippen molar-refractivity contribution in [3.05, 3.63) is 51.9 Å². The van der Waals surface area contributed by atoms with Gasteiger partial charge in [0.05, 0.1) is 0 Å². The highest BCUT2D eigenvalue weighted by molar-refractivity contribution is 6.05. The molecule has 0 saturated heterocycles. The minimum absolute atomic E-state index is 0.104. The van der Waals surface area contributed by atoms with Gasteiger partial charge in [0.2, 0.25) is 0 Å². The maximum Gasteiger partial charge on any atom is 0.261 e. The number of nitrogens with one attached hydrogen (secondary N) is 2. The van der Waals surface area contributed by atoms with E-state index in [0.717, 1.165) is 0 Å². The summed E-state index contributed by atoms with van der Waals surface area (Å²) in [5, 5.41) is 2.70. The molecule has 0 radical (unpaired) electrons. The lowest BCUT2D eigenvalue weighted by Gasteiger charge is -2.19. The monoisotopic (exact) mass is 286 g/mol. The molecule has 1 amide bonds. The van der Waals surface area contributed by atoms with Crippen molar-refractivity contribution in [2.24, 2.45) is 0 Å². The lowest BCUT2D eigenvalue weighted by atomic mass is 10.1. The van der Waals surface area contributed by atoms with Crippen LogP contribution in [0, 0.1) is 6.92 Å². The van der Waals surface area contributed by atoms with Crippen LogP contribution in [0.3, 0.4) is 0 Å². The zero-order valence-corrected chi connectivity index (χ0v) is 11.4. The molecule has 0 aliphatic carbocycles. The number of hydrogen-bond acceptors (Lipinski definition) is 4. The molecule has 0 spiro atoms. The molecule has 1 aromatic heterocycles. The zero-order valence-electron chi connectivity index (χ0n) is 11.4. The standard InChI is InChI=1S/C15H14N2O4/c1-9-4-5-16-14(18)13(9)15(19)17-10-2-3-11-12(8-10)21-7-6-20-11/h2-5,8H,6-7H2,1H3,(H,16,18)(H,17,19). The van der Waals surface area contributed by atoms with E-state index in [2.05, 4.69) is 10.3 Å². The van der Waals surface area contributed by atoms with Gasteiger partial charge in [0.1, 0.15) is 18.8 Å². The fraction of sp³-hybridized carbons (Fsp3) is 0.200. The Labute approximate surface area is 120 Å². The summed E-state index contributed by atoms with van der Waals surface area (Å²) in [5.41, 5.74) is 0.859. The first-order valence-electron chi connectivity index (χ1n) is 6.54. The van der Waals surface area contributed by atoms with E-state index < -0.39 is 11.5 Å². The molecule has 0 unspecified atom stereocenters. The number of aromatic nitrogens is 1. The second-order valence-electron chi connectivity index (χ2n) is 4.68. The van der Waals surface area contributed by atoms with E-state index >= 15 is 0 Å². The topological polar surface area (TPSA) is 80.4 Å². The average Bonchev–Trinajstić information content (AvgIpc) is 2.47. The summed E-state index contributed by atoms with van der Waals surface area (Å²) >= 11 is 0. The molecule has 6 heteroatoms. The number of H-pyrrole nitrogens is 1. The molecule has 6 nitrogen and oxygen atoms in total. The molecule has 0 fully saturated rings. The van der Waals surface area contributed by atoms with Crippen molar-refractivity contribution in [1.82, 2.24) is 4.98 Å². The fourth-order valence-electron chi connectivity index (χ4n) is 2.17. The molecule has 2 aromatic rings. The van der Waals surface area contributed by atoms with Crippen molar-refractivity contribution in [1.29, 1.82) is 0 Å². The van der Waals surface area contributed by atoms with Gasteiger partial charge in [-0.15, -0.1) is 0 Å². The average molecular weight is 286 g/mol. The van der Waals surface area contributed by atoms with E-state index in [1.165, 1.54) is 6.20 Å². The van der Waals surface area contributed by atoms with Crippen LogP contribution >= 0.6 is 0 Å². The number of benzene rings is 1. The third kappa shape index (κ3) is 2.60. The van der Waals surface area contributed by atoms with E-state index in [0.29, 0.717) is 36.0 Å². The van der Waals surface area contributed by atoms with Gasteiger partial charge in [-0.25, -0.2) is 0 Å². The zero-order chi connectivity index (χ0) is 14.8. The Hall–Kier alpha value is -2.76. The molecule has 0 atom stereocenters. The first-order chi connectivity index (χ1) is 10.1. The Morgan fingerprint density at radius 1 is 1.19 bits per heavy atom. The molecule has 1 aliphatic rings. The van der Waals surface area contributed by atoms with E-state index in [1.807, 2.05) is 0 Å². The number of hydrogen-bond donors (Lipinski definition) is 2. The van der Waals surface area contributed by atoms with Gasteiger partial charge < -0.3 is 19.8 Å². The summed E-state index contributed by atoms with van der Waals surface area (Å²) in [7, 11) is 0. The fourth-order valence-corrected chi connectivity index (χ4v) is 2.17. The van der Waals surface area contributed by atoms with Crippen molar-refractivity contribution >= 4 is 11.6 Å². The van der Waals surface area contributed by atoms with E-state index in [4.69, 9.17) is 9.47 Å². The molecule has 2 N–H and O–H groups in total. The lowest BCUT2D eigenvalue weighted by molar-refractivity contribution is 0.102. The number of aryl methyl sites for hydroxylation is 1. The highest BCUT2D eigenvalue weighted by atomic mass is 16.6. The summed E-state index contributed by atoms with van der Waals surface area (Å²) in [6.45, 7) is 2.70. The maximum absolute atomic E-state index is 12.2. The number of anilines is 1. The van der Waals surface area contributed by atoms with Gasteiger partial charge in [0.15, 0.2) is 11.5 Å². The van der Waals surface area contributed by atoms with Crippen LogP contribution in [0.25, 0.3) is 0 Å². The van der Waals surface area contributed by atoms with E-state index in [1.54, 1.807) is 31.2 Å². The van der Waals surface area contributed by atoms with Gasteiger partial charge in [0, 0.05) is 18.0 Å². The van der Waals surface area contributed by atoms with E-state index in [-0.39, 0.29) is 5.56 Å². The Bertz CT molecular complexity index is 752. The van der Waals surface area contributed by atoms with Crippen molar-refractivity contribution in [3.63, 3.8) is 0 Å². The van der Waals surface area contributed by atoms with Crippen molar-refractivity contribution in [2.75, 3.05) is 18.5 Å². The lowest BCUT2D eigenvalue weighted by Crippen LogP contribution is -2.24. The minimum Gasteiger partial charge on any atom is -0.486 e. The second kappa shape index (κ2) is 5.32. The number of pyridine rings is 1. The Kier molecular flexibility index (Phi) is 3.35. The third-order valence-electron chi connectivity index (χ3n) is 3.20. The molecule has 1 aromatic carbocycles. The molecule has 3 rings (SSSR count). The molecule has 2 heterocycles. The van der Waals surface area contributed by atoms with Crippen LogP contribution in [0.4, 0.5) is 5.69 Å². The molecular weight excluding hydrogens is 272 g/mol. The summed E-state index contributed by atoms with van der Waals surface area (Å²) in [6, 6.07) is 6.79. The van der Waals surface area contributed by atoms with Gasteiger partial charge >= 0.3 is 0 Å². The smallest absolute Gasteiger partial charge is 0.261 e. The first kappa shape index (κ1) is 13.2. The van der Waals surface area contributed by atoms with Gasteiger partial charge in [0.25, 0.3) is 11.5 Å². The number of amides is 1. The number of ether oxygens (including phenoxy) is 2. The summed E-state index contributed by atoms with van der Waals surface area (Å²) in [5.74, 6) is 0.775. The first-order valence-corrected chi connectivity index (χ1v) is 6.54. The number of fused-ring (bicyclic) bond motifs is 1. The molecule has 1 aliphatic heterocycles. The highest BCUT2D eigenvalue weighted by Gasteiger charge is 2.16. The number of rotatable bonds is 2. The maximum atomic E-state index is 12.2. The molecular formula is C15H14N2O4. The Morgan fingerprint density at radius 3 is 2.71 bits per heavy atom. The van der Waals surface area contributed by atoms with Crippen LogP contribution in [0.2, 0.25) is 0 Å². The summed E-state index contributed by atoms with van der Waals surface area (Å²) in [6.07, 6.45) is 1.51. The minimum atomic E-state index is -0.453. The summed E-state index contributed by atoms with van der Waals surface area (Å²) < 4.78 is 10.9. The van der Waals surface area contributed by atoms with Crippen LogP contribution in [-0.4, -0.2) is 24.1 Å². The number of carbonyl (C=O) groups excluding carboxylic acids is 1. The SMILES string of the molecule is Cc1cc[nH]c(=O)c1C(=O)Nc1ccc2c(c1)OCCO2. The van der Waals surface area contributed by atoms with Crippen LogP contribution < -0.4 is 20.3 Å². The molecule has 21 heavy (non-hydrogen) atoms. The highest BCUT2D eigenvalue weighted by Crippen LogP contribution is 2.32. The Balaban J connectivity index is 1.87. The van der Waals surface area contributed by atoms with Crippen molar-refractivity contribution in [3.8, 4) is 11.5 Å². The van der Waals surface area contributed by atoms with Crippen LogP contribution in [0.1, 0.15) is 15.9 Å². The number of aromatic amines is 1. The summed E-state index contributed by atoms with van der Waals surface area (Å²) in [4.78, 5) is 26.5.